The molecule has 12 heavy (non-hydrogen) atoms. The highest BCUT2D eigenvalue weighted by Gasteiger charge is 2.11. The smallest absolute Gasteiger partial charge is 0.144 e. The second-order valence-electron chi connectivity index (χ2n) is 2.67. The number of hydrogen-bond acceptors (Lipinski definition) is 1. The molecule has 1 rings (SSSR count). The number of benzene rings is 1. The standard InChI is InChI=1S/C9H10BrFO/c1-5-4-6(2)9(12-3)7(10)8(5)11/h4H,1-3H3. The molecule has 3 heteroatoms. The zero-order valence-electron chi connectivity index (χ0n) is 7.24. The molecule has 0 fully saturated rings. The Labute approximate surface area is 79.7 Å². The summed E-state index contributed by atoms with van der Waals surface area (Å²) < 4.78 is 18.7. The summed E-state index contributed by atoms with van der Waals surface area (Å²) in [5.74, 6) is 0.315. The van der Waals surface area contributed by atoms with Crippen LogP contribution in [-0.4, -0.2) is 7.11 Å². The lowest BCUT2D eigenvalue weighted by molar-refractivity contribution is 0.404. The van der Waals surface area contributed by atoms with E-state index in [4.69, 9.17) is 4.74 Å². The van der Waals surface area contributed by atoms with Crippen LogP contribution in [0.15, 0.2) is 10.5 Å². The van der Waals surface area contributed by atoms with Gasteiger partial charge in [-0.15, -0.1) is 0 Å². The largest absolute Gasteiger partial charge is 0.495 e. The van der Waals surface area contributed by atoms with Gasteiger partial charge in [0.1, 0.15) is 11.6 Å². The number of halogens is 2. The Bertz CT molecular complexity index is 310. The van der Waals surface area contributed by atoms with Crippen LogP contribution in [0.2, 0.25) is 0 Å². The fourth-order valence-electron chi connectivity index (χ4n) is 1.15. The second kappa shape index (κ2) is 3.44. The third-order valence-corrected chi connectivity index (χ3v) is 2.44. The Morgan fingerprint density at radius 3 is 2.42 bits per heavy atom. The van der Waals surface area contributed by atoms with Crippen molar-refractivity contribution in [3.63, 3.8) is 0 Å². The molecule has 0 bridgehead atoms. The molecule has 0 unspecified atom stereocenters. The van der Waals surface area contributed by atoms with Crippen molar-refractivity contribution < 1.29 is 9.13 Å². The number of methoxy groups -OCH3 is 1. The van der Waals surface area contributed by atoms with E-state index in [0.29, 0.717) is 15.8 Å². The summed E-state index contributed by atoms with van der Waals surface area (Å²) >= 11 is 3.14. The van der Waals surface area contributed by atoms with E-state index in [2.05, 4.69) is 15.9 Å². The molecule has 0 N–H and O–H groups in total. The van der Waals surface area contributed by atoms with E-state index in [1.807, 2.05) is 6.92 Å². The molecule has 0 heterocycles. The zero-order chi connectivity index (χ0) is 9.30. The maximum atomic E-state index is 13.2. The van der Waals surface area contributed by atoms with Crippen molar-refractivity contribution in [1.82, 2.24) is 0 Å². The highest BCUT2D eigenvalue weighted by Crippen LogP contribution is 2.32. The van der Waals surface area contributed by atoms with E-state index in [1.165, 1.54) is 7.11 Å². The minimum atomic E-state index is -0.252. The maximum Gasteiger partial charge on any atom is 0.144 e. The summed E-state index contributed by atoms with van der Waals surface area (Å²) in [7, 11) is 1.53. The first kappa shape index (κ1) is 9.52. The van der Waals surface area contributed by atoms with Gasteiger partial charge in [0.25, 0.3) is 0 Å². The predicted molar refractivity (Wildman–Crippen MR) is 50.1 cm³/mol. The van der Waals surface area contributed by atoms with Crippen molar-refractivity contribution in [1.29, 1.82) is 0 Å². The number of rotatable bonds is 1. The molecule has 0 atom stereocenters. The Morgan fingerprint density at radius 2 is 1.92 bits per heavy atom. The van der Waals surface area contributed by atoms with Gasteiger partial charge in [-0.2, -0.15) is 0 Å². The maximum absolute atomic E-state index is 13.2. The van der Waals surface area contributed by atoms with Crippen LogP contribution in [0.1, 0.15) is 11.1 Å². The Hall–Kier alpha value is -0.570. The lowest BCUT2D eigenvalue weighted by Crippen LogP contribution is -1.93. The molecule has 0 aliphatic carbocycles. The van der Waals surface area contributed by atoms with Crippen molar-refractivity contribution in [2.75, 3.05) is 7.11 Å². The molecule has 0 aliphatic heterocycles. The molecule has 0 saturated heterocycles. The third-order valence-electron chi connectivity index (χ3n) is 1.73. The SMILES string of the molecule is COc1c(C)cc(C)c(F)c1Br. The number of hydrogen-bond donors (Lipinski definition) is 0. The molecule has 1 aromatic rings. The molecular formula is C9H10BrFO. The highest BCUT2D eigenvalue weighted by molar-refractivity contribution is 9.10. The molecule has 0 aromatic heterocycles. The van der Waals surface area contributed by atoms with Gasteiger partial charge in [-0.25, -0.2) is 4.39 Å². The molecule has 0 aliphatic rings. The van der Waals surface area contributed by atoms with Crippen LogP contribution in [0, 0.1) is 19.7 Å². The van der Waals surface area contributed by atoms with E-state index >= 15 is 0 Å². The van der Waals surface area contributed by atoms with Crippen LogP contribution < -0.4 is 4.74 Å². The molecular weight excluding hydrogens is 223 g/mol. The monoisotopic (exact) mass is 232 g/mol. The first-order chi connectivity index (χ1) is 5.57. The van der Waals surface area contributed by atoms with Gasteiger partial charge in [0, 0.05) is 0 Å². The van der Waals surface area contributed by atoms with Gasteiger partial charge >= 0.3 is 0 Å². The Morgan fingerprint density at radius 1 is 1.33 bits per heavy atom. The van der Waals surface area contributed by atoms with Gasteiger partial charge in [0.05, 0.1) is 11.6 Å². The minimum Gasteiger partial charge on any atom is -0.495 e. The average Bonchev–Trinajstić information content (AvgIpc) is 2.01. The van der Waals surface area contributed by atoms with Crippen molar-refractivity contribution in [2.24, 2.45) is 0 Å². The van der Waals surface area contributed by atoms with Gasteiger partial charge in [-0.1, -0.05) is 0 Å². The summed E-state index contributed by atoms with van der Waals surface area (Å²) in [5.41, 5.74) is 1.56. The summed E-state index contributed by atoms with van der Waals surface area (Å²) in [6.45, 7) is 3.61. The lowest BCUT2D eigenvalue weighted by Gasteiger charge is -2.09. The van der Waals surface area contributed by atoms with Crippen LogP contribution in [0.25, 0.3) is 0 Å². The highest BCUT2D eigenvalue weighted by atomic mass is 79.9. The van der Waals surface area contributed by atoms with Crippen LogP contribution in [-0.2, 0) is 0 Å². The van der Waals surface area contributed by atoms with Gasteiger partial charge in [0.2, 0.25) is 0 Å². The van der Waals surface area contributed by atoms with Crippen molar-refractivity contribution in [3.05, 3.63) is 27.5 Å². The Balaban J connectivity index is 3.40. The van der Waals surface area contributed by atoms with Gasteiger partial charge in [0.15, 0.2) is 0 Å². The topological polar surface area (TPSA) is 9.23 Å². The fourth-order valence-corrected chi connectivity index (χ4v) is 1.94. The Kier molecular flexibility index (Phi) is 2.73. The average molecular weight is 233 g/mol. The van der Waals surface area contributed by atoms with E-state index in [-0.39, 0.29) is 5.82 Å². The van der Waals surface area contributed by atoms with Crippen LogP contribution in [0.5, 0.6) is 5.75 Å². The fraction of sp³-hybridized carbons (Fsp3) is 0.333. The first-order valence-corrected chi connectivity index (χ1v) is 4.36. The van der Waals surface area contributed by atoms with Crippen molar-refractivity contribution >= 4 is 15.9 Å². The summed E-state index contributed by atoms with van der Waals surface area (Å²) in [6, 6.07) is 1.76. The van der Waals surface area contributed by atoms with E-state index in [0.717, 1.165) is 5.56 Å². The van der Waals surface area contributed by atoms with Crippen molar-refractivity contribution in [3.8, 4) is 5.75 Å². The van der Waals surface area contributed by atoms with E-state index in [9.17, 15) is 4.39 Å². The van der Waals surface area contributed by atoms with Crippen LogP contribution >= 0.6 is 15.9 Å². The number of ether oxygens (including phenoxy) is 1. The molecule has 1 nitrogen and oxygen atoms in total. The van der Waals surface area contributed by atoms with E-state index in [1.54, 1.807) is 13.0 Å². The van der Waals surface area contributed by atoms with Crippen molar-refractivity contribution in [2.45, 2.75) is 13.8 Å². The predicted octanol–water partition coefficient (Wildman–Crippen LogP) is 3.21. The summed E-state index contributed by atoms with van der Waals surface area (Å²) in [6.07, 6.45) is 0. The minimum absolute atomic E-state index is 0.252. The number of aryl methyl sites for hydroxylation is 2. The zero-order valence-corrected chi connectivity index (χ0v) is 8.83. The van der Waals surface area contributed by atoms with Gasteiger partial charge < -0.3 is 4.74 Å². The summed E-state index contributed by atoms with van der Waals surface area (Å²) in [4.78, 5) is 0. The van der Waals surface area contributed by atoms with Gasteiger partial charge in [-0.05, 0) is 47.0 Å². The lowest BCUT2D eigenvalue weighted by atomic mass is 10.1. The van der Waals surface area contributed by atoms with Crippen LogP contribution in [0.3, 0.4) is 0 Å². The second-order valence-corrected chi connectivity index (χ2v) is 3.46. The molecule has 0 amide bonds. The molecule has 0 saturated carbocycles. The summed E-state index contributed by atoms with van der Waals surface area (Å²) in [5, 5.41) is 0. The molecule has 66 valence electrons. The van der Waals surface area contributed by atoms with Crippen LogP contribution in [0.4, 0.5) is 4.39 Å². The normalized spacial score (nSPS) is 10.1. The third kappa shape index (κ3) is 1.46. The first-order valence-electron chi connectivity index (χ1n) is 3.57. The molecule has 0 radical (unpaired) electrons. The van der Waals surface area contributed by atoms with Gasteiger partial charge in [-0.3, -0.25) is 0 Å². The molecule has 0 spiro atoms. The van der Waals surface area contributed by atoms with E-state index < -0.39 is 0 Å². The molecule has 1 aromatic carbocycles. The quantitative estimate of drug-likeness (QED) is 0.723.